The second-order valence-corrected chi connectivity index (χ2v) is 5.87. The number of hydrogen-bond acceptors (Lipinski definition) is 6. The van der Waals surface area contributed by atoms with Crippen molar-refractivity contribution in [2.75, 3.05) is 42.6 Å². The van der Waals surface area contributed by atoms with E-state index in [1.54, 1.807) is 0 Å². The summed E-state index contributed by atoms with van der Waals surface area (Å²) in [6.45, 7) is 5.67. The summed E-state index contributed by atoms with van der Waals surface area (Å²) in [6, 6.07) is 3.11. The largest absolute Gasteiger partial charge is 0.373 e. The summed E-state index contributed by atoms with van der Waals surface area (Å²) in [5.41, 5.74) is 5.82. The van der Waals surface area contributed by atoms with Crippen LogP contribution in [-0.4, -0.2) is 53.6 Å². The number of nitrogens with one attached hydrogen (secondary N) is 1. The topological polar surface area (TPSA) is 70.3 Å². The van der Waals surface area contributed by atoms with Crippen molar-refractivity contribution in [1.82, 2.24) is 14.9 Å². The molecule has 3 heterocycles. The molecule has 110 valence electrons. The fourth-order valence-electron chi connectivity index (χ4n) is 3.40. The summed E-state index contributed by atoms with van der Waals surface area (Å²) in [4.78, 5) is 13.6. The molecule has 0 bridgehead atoms. The van der Waals surface area contributed by atoms with E-state index in [9.17, 15) is 0 Å². The Morgan fingerprint density at radius 2 is 2.15 bits per heavy atom. The van der Waals surface area contributed by atoms with Gasteiger partial charge in [-0.25, -0.2) is 0 Å². The second kappa shape index (κ2) is 5.44. The molecule has 2 aliphatic heterocycles. The predicted octanol–water partition coefficient (Wildman–Crippen LogP) is 1.16. The lowest BCUT2D eigenvalue weighted by Gasteiger charge is -2.48. The second-order valence-electron chi connectivity index (χ2n) is 5.87. The highest BCUT2D eigenvalue weighted by Gasteiger charge is 2.33. The van der Waals surface area contributed by atoms with E-state index in [2.05, 4.69) is 32.0 Å². The first-order chi connectivity index (χ1) is 9.67. The quantitative estimate of drug-likeness (QED) is 0.845. The molecule has 2 fully saturated rings. The first kappa shape index (κ1) is 13.4. The van der Waals surface area contributed by atoms with Gasteiger partial charge in [0.05, 0.1) is 0 Å². The number of nitrogens with two attached hydrogens (primary N) is 1. The smallest absolute Gasteiger partial charge is 0.223 e. The molecule has 6 nitrogen and oxygen atoms in total. The Labute approximate surface area is 120 Å². The van der Waals surface area contributed by atoms with Crippen molar-refractivity contribution < 1.29 is 0 Å². The average molecular weight is 276 g/mol. The molecule has 3 rings (SSSR count). The highest BCUT2D eigenvalue weighted by molar-refractivity contribution is 5.53. The van der Waals surface area contributed by atoms with Gasteiger partial charge in [0.2, 0.25) is 5.95 Å². The molecule has 0 amide bonds. The third kappa shape index (κ3) is 2.52. The summed E-state index contributed by atoms with van der Waals surface area (Å²) < 4.78 is 0. The van der Waals surface area contributed by atoms with Gasteiger partial charge >= 0.3 is 0 Å². The molecule has 0 spiro atoms. The molecule has 0 aromatic carbocycles. The Kier molecular flexibility index (Phi) is 3.65. The SMILES string of the molecule is CNc1cc(N2CC3CCCCN3CC2C)nc(N)n1. The zero-order chi connectivity index (χ0) is 14.1. The van der Waals surface area contributed by atoms with Crippen molar-refractivity contribution in [3.63, 3.8) is 0 Å². The van der Waals surface area contributed by atoms with E-state index in [-0.39, 0.29) is 0 Å². The number of anilines is 3. The van der Waals surface area contributed by atoms with Crippen LogP contribution in [0.3, 0.4) is 0 Å². The Balaban J connectivity index is 1.83. The Bertz CT molecular complexity index is 477. The number of aromatic nitrogens is 2. The lowest BCUT2D eigenvalue weighted by molar-refractivity contribution is 0.115. The molecule has 0 saturated carbocycles. The normalized spacial score (nSPS) is 27.2. The number of rotatable bonds is 2. The van der Waals surface area contributed by atoms with Crippen molar-refractivity contribution in [2.45, 2.75) is 38.3 Å². The van der Waals surface area contributed by atoms with Crippen LogP contribution in [0.4, 0.5) is 17.6 Å². The summed E-state index contributed by atoms with van der Waals surface area (Å²) in [5.74, 6) is 2.07. The minimum absolute atomic E-state index is 0.338. The van der Waals surface area contributed by atoms with Crippen LogP contribution in [0.2, 0.25) is 0 Å². The predicted molar refractivity (Wildman–Crippen MR) is 82.0 cm³/mol. The Hall–Kier alpha value is -1.56. The van der Waals surface area contributed by atoms with Crippen molar-refractivity contribution in [2.24, 2.45) is 0 Å². The van der Waals surface area contributed by atoms with Crippen molar-refractivity contribution in [1.29, 1.82) is 0 Å². The molecular formula is C14H24N6. The van der Waals surface area contributed by atoms with Crippen LogP contribution in [0.5, 0.6) is 0 Å². The molecule has 1 aromatic rings. The number of piperazine rings is 1. The maximum absolute atomic E-state index is 5.82. The fraction of sp³-hybridized carbons (Fsp3) is 0.714. The summed E-state index contributed by atoms with van der Waals surface area (Å²) in [6.07, 6.45) is 3.98. The van der Waals surface area contributed by atoms with Crippen LogP contribution >= 0.6 is 0 Å². The monoisotopic (exact) mass is 276 g/mol. The average Bonchev–Trinajstić information content (AvgIpc) is 2.45. The van der Waals surface area contributed by atoms with Crippen molar-refractivity contribution >= 4 is 17.6 Å². The van der Waals surface area contributed by atoms with Crippen LogP contribution in [0.1, 0.15) is 26.2 Å². The molecule has 2 atom stereocenters. The lowest BCUT2D eigenvalue weighted by atomic mass is 9.97. The molecule has 2 aliphatic rings. The molecule has 2 unspecified atom stereocenters. The van der Waals surface area contributed by atoms with Crippen LogP contribution in [0.25, 0.3) is 0 Å². The standard InChI is InChI=1S/C14H24N6/c1-10-8-19-6-4-3-5-11(19)9-20(10)13-7-12(16-2)17-14(15)18-13/h7,10-11H,3-6,8-9H2,1-2H3,(H3,15,16,17,18). The number of hydrogen-bond donors (Lipinski definition) is 2. The van der Waals surface area contributed by atoms with Gasteiger partial charge in [-0.1, -0.05) is 6.42 Å². The highest BCUT2D eigenvalue weighted by Crippen LogP contribution is 2.28. The zero-order valence-electron chi connectivity index (χ0n) is 12.3. The molecule has 1 aromatic heterocycles. The van der Waals surface area contributed by atoms with E-state index in [0.717, 1.165) is 24.7 Å². The van der Waals surface area contributed by atoms with E-state index in [1.807, 2.05) is 13.1 Å². The number of fused-ring (bicyclic) bond motifs is 1. The van der Waals surface area contributed by atoms with E-state index in [1.165, 1.54) is 25.8 Å². The molecule has 2 saturated heterocycles. The third-order valence-electron chi connectivity index (χ3n) is 4.47. The zero-order valence-corrected chi connectivity index (χ0v) is 12.3. The Morgan fingerprint density at radius 3 is 2.95 bits per heavy atom. The first-order valence-corrected chi connectivity index (χ1v) is 7.50. The number of piperidine rings is 1. The summed E-state index contributed by atoms with van der Waals surface area (Å²) >= 11 is 0. The minimum Gasteiger partial charge on any atom is -0.373 e. The van der Waals surface area contributed by atoms with Gasteiger partial charge in [0.15, 0.2) is 0 Å². The van der Waals surface area contributed by atoms with Gasteiger partial charge in [0.25, 0.3) is 0 Å². The molecule has 20 heavy (non-hydrogen) atoms. The van der Waals surface area contributed by atoms with Crippen LogP contribution < -0.4 is 16.0 Å². The van der Waals surface area contributed by atoms with Crippen molar-refractivity contribution in [3.8, 4) is 0 Å². The number of nitrogens with zero attached hydrogens (tertiary/aromatic N) is 4. The summed E-state index contributed by atoms with van der Waals surface area (Å²) in [7, 11) is 1.86. The fourth-order valence-corrected chi connectivity index (χ4v) is 3.40. The van der Waals surface area contributed by atoms with Gasteiger partial charge in [0.1, 0.15) is 11.6 Å². The third-order valence-corrected chi connectivity index (χ3v) is 4.47. The minimum atomic E-state index is 0.338. The van der Waals surface area contributed by atoms with Gasteiger partial charge in [-0.2, -0.15) is 9.97 Å². The van der Waals surface area contributed by atoms with Gasteiger partial charge in [-0.05, 0) is 26.3 Å². The van der Waals surface area contributed by atoms with Gasteiger partial charge < -0.3 is 16.0 Å². The van der Waals surface area contributed by atoms with Crippen LogP contribution in [-0.2, 0) is 0 Å². The maximum Gasteiger partial charge on any atom is 0.223 e. The molecule has 0 aliphatic carbocycles. The van der Waals surface area contributed by atoms with E-state index >= 15 is 0 Å². The van der Waals surface area contributed by atoms with Crippen LogP contribution in [0.15, 0.2) is 6.07 Å². The maximum atomic E-state index is 5.82. The first-order valence-electron chi connectivity index (χ1n) is 7.50. The molecular weight excluding hydrogens is 252 g/mol. The number of nitrogen functional groups attached to an aromatic ring is 1. The van der Waals surface area contributed by atoms with E-state index in [4.69, 9.17) is 5.73 Å². The van der Waals surface area contributed by atoms with E-state index < -0.39 is 0 Å². The molecule has 6 heteroatoms. The molecule has 0 radical (unpaired) electrons. The van der Waals surface area contributed by atoms with Crippen molar-refractivity contribution in [3.05, 3.63) is 6.07 Å². The van der Waals surface area contributed by atoms with Crippen LogP contribution in [0, 0.1) is 0 Å². The lowest BCUT2D eigenvalue weighted by Crippen LogP contribution is -2.59. The van der Waals surface area contributed by atoms with E-state index in [0.29, 0.717) is 18.0 Å². The van der Waals surface area contributed by atoms with Gasteiger partial charge in [-0.15, -0.1) is 0 Å². The Morgan fingerprint density at radius 1 is 1.30 bits per heavy atom. The molecule has 3 N–H and O–H groups in total. The van der Waals surface area contributed by atoms with Gasteiger partial charge in [-0.3, -0.25) is 4.90 Å². The summed E-state index contributed by atoms with van der Waals surface area (Å²) in [5, 5.41) is 3.05. The highest BCUT2D eigenvalue weighted by atomic mass is 15.3. The van der Waals surface area contributed by atoms with Gasteiger partial charge in [0, 0.05) is 38.3 Å².